The minimum atomic E-state index is -0.148. The number of unbranched alkanes of at least 4 members (excludes halogenated alkanes) is 3. The molecule has 0 saturated heterocycles. The Hall–Kier alpha value is -1.05. The Morgan fingerprint density at radius 3 is 2.81 bits per heavy atom. The molecule has 0 aliphatic heterocycles. The molecule has 0 aliphatic rings. The van der Waals surface area contributed by atoms with Crippen LogP contribution in [0.2, 0.25) is 0 Å². The first kappa shape index (κ1) is 14.9. The Labute approximate surface area is 99.4 Å². The summed E-state index contributed by atoms with van der Waals surface area (Å²) in [5.41, 5.74) is 0. The van der Waals surface area contributed by atoms with Gasteiger partial charge in [-0.2, -0.15) is 0 Å². The molecule has 0 amide bonds. The lowest BCUT2D eigenvalue weighted by Crippen LogP contribution is -2.08. The molecular formula is C14H24O2. The molecule has 0 heterocycles. The fourth-order valence-corrected chi connectivity index (χ4v) is 1.38. The third-order valence-electron chi connectivity index (χ3n) is 2.29. The van der Waals surface area contributed by atoms with Gasteiger partial charge in [0.25, 0.3) is 0 Å². The first-order valence-corrected chi connectivity index (χ1v) is 6.13. The van der Waals surface area contributed by atoms with Crippen molar-refractivity contribution in [2.75, 3.05) is 6.61 Å². The number of hydrogen-bond acceptors (Lipinski definition) is 2. The molecule has 0 saturated carbocycles. The highest BCUT2D eigenvalue weighted by Crippen LogP contribution is 2.07. The average molecular weight is 224 g/mol. The molecule has 0 aromatic rings. The molecule has 2 heteroatoms. The van der Waals surface area contributed by atoms with Gasteiger partial charge < -0.3 is 4.74 Å². The van der Waals surface area contributed by atoms with Crippen LogP contribution in [0.1, 0.15) is 46.0 Å². The standard InChI is InChI=1S/C14H24O2/c1-4-6-7-8-9-10-13(3)12-14(15)16-11-5-2/h5,9-10,13H,2,4,6-8,11-12H2,1,3H3. The monoisotopic (exact) mass is 224 g/mol. The normalized spacial score (nSPS) is 12.6. The molecule has 0 radical (unpaired) electrons. The van der Waals surface area contributed by atoms with Crippen molar-refractivity contribution in [3.63, 3.8) is 0 Å². The number of allylic oxidation sites excluding steroid dienone is 2. The molecular weight excluding hydrogens is 200 g/mol. The van der Waals surface area contributed by atoms with Crippen LogP contribution in [0.15, 0.2) is 24.8 Å². The second-order valence-electron chi connectivity index (χ2n) is 4.08. The van der Waals surface area contributed by atoms with E-state index in [9.17, 15) is 4.79 Å². The summed E-state index contributed by atoms with van der Waals surface area (Å²) in [5, 5.41) is 0. The second kappa shape index (κ2) is 10.5. The van der Waals surface area contributed by atoms with Gasteiger partial charge in [-0.05, 0) is 18.8 Å². The zero-order valence-corrected chi connectivity index (χ0v) is 10.6. The zero-order chi connectivity index (χ0) is 12.2. The molecule has 0 fully saturated rings. The number of ether oxygens (including phenoxy) is 1. The predicted molar refractivity (Wildman–Crippen MR) is 68.2 cm³/mol. The van der Waals surface area contributed by atoms with Crippen molar-refractivity contribution in [1.82, 2.24) is 0 Å². The Bertz CT molecular complexity index is 219. The van der Waals surface area contributed by atoms with Gasteiger partial charge in [0, 0.05) is 0 Å². The van der Waals surface area contributed by atoms with Crippen LogP contribution in [0.5, 0.6) is 0 Å². The van der Waals surface area contributed by atoms with Crippen molar-refractivity contribution in [3.05, 3.63) is 24.8 Å². The van der Waals surface area contributed by atoms with E-state index in [1.807, 2.05) is 6.92 Å². The molecule has 92 valence electrons. The SMILES string of the molecule is C=CCOC(=O)CC(C)C=CCCCCC. The number of hydrogen-bond donors (Lipinski definition) is 0. The van der Waals surface area contributed by atoms with E-state index >= 15 is 0 Å². The fourth-order valence-electron chi connectivity index (χ4n) is 1.38. The molecule has 0 N–H and O–H groups in total. The molecule has 1 atom stereocenters. The Balaban J connectivity index is 3.59. The largest absolute Gasteiger partial charge is 0.461 e. The van der Waals surface area contributed by atoms with E-state index in [1.165, 1.54) is 19.3 Å². The van der Waals surface area contributed by atoms with Gasteiger partial charge in [-0.3, -0.25) is 4.79 Å². The number of carbonyl (C=O) groups excluding carboxylic acids is 1. The van der Waals surface area contributed by atoms with Crippen molar-refractivity contribution in [1.29, 1.82) is 0 Å². The molecule has 0 aromatic heterocycles. The van der Waals surface area contributed by atoms with Gasteiger partial charge in [0.15, 0.2) is 0 Å². The van der Waals surface area contributed by atoms with Crippen molar-refractivity contribution in [2.45, 2.75) is 46.0 Å². The van der Waals surface area contributed by atoms with Crippen LogP contribution in [-0.4, -0.2) is 12.6 Å². The summed E-state index contributed by atoms with van der Waals surface area (Å²) >= 11 is 0. The summed E-state index contributed by atoms with van der Waals surface area (Å²) in [7, 11) is 0. The zero-order valence-electron chi connectivity index (χ0n) is 10.6. The van der Waals surface area contributed by atoms with Gasteiger partial charge in [-0.15, -0.1) is 0 Å². The minimum absolute atomic E-state index is 0.148. The first-order chi connectivity index (χ1) is 7.70. The number of rotatable bonds is 9. The summed E-state index contributed by atoms with van der Waals surface area (Å²) in [6.45, 7) is 8.04. The van der Waals surface area contributed by atoms with Crippen LogP contribution >= 0.6 is 0 Å². The van der Waals surface area contributed by atoms with E-state index in [0.717, 1.165) is 6.42 Å². The van der Waals surface area contributed by atoms with E-state index in [1.54, 1.807) is 6.08 Å². The van der Waals surface area contributed by atoms with Crippen LogP contribution in [0, 0.1) is 5.92 Å². The lowest BCUT2D eigenvalue weighted by Gasteiger charge is -2.05. The second-order valence-corrected chi connectivity index (χ2v) is 4.08. The van der Waals surface area contributed by atoms with Crippen LogP contribution in [0.4, 0.5) is 0 Å². The van der Waals surface area contributed by atoms with Gasteiger partial charge >= 0.3 is 5.97 Å². The molecule has 1 unspecified atom stereocenters. The highest BCUT2D eigenvalue weighted by atomic mass is 16.5. The molecule has 2 nitrogen and oxygen atoms in total. The maximum atomic E-state index is 11.2. The summed E-state index contributed by atoms with van der Waals surface area (Å²) < 4.78 is 4.92. The number of esters is 1. The van der Waals surface area contributed by atoms with Crippen molar-refractivity contribution < 1.29 is 9.53 Å². The lowest BCUT2D eigenvalue weighted by atomic mass is 10.1. The third kappa shape index (κ3) is 9.50. The van der Waals surface area contributed by atoms with Gasteiger partial charge in [0.05, 0.1) is 6.42 Å². The molecule has 0 spiro atoms. The van der Waals surface area contributed by atoms with Crippen molar-refractivity contribution in [2.24, 2.45) is 5.92 Å². The summed E-state index contributed by atoms with van der Waals surface area (Å²) in [6, 6.07) is 0. The maximum Gasteiger partial charge on any atom is 0.306 e. The number of carbonyl (C=O) groups is 1. The Morgan fingerprint density at radius 2 is 2.19 bits per heavy atom. The first-order valence-electron chi connectivity index (χ1n) is 6.13. The van der Waals surface area contributed by atoms with E-state index in [-0.39, 0.29) is 11.9 Å². The summed E-state index contributed by atoms with van der Waals surface area (Å²) in [4.78, 5) is 11.2. The van der Waals surface area contributed by atoms with Gasteiger partial charge in [0.2, 0.25) is 0 Å². The molecule has 0 aliphatic carbocycles. The predicted octanol–water partition coefficient (Wildman–Crippen LogP) is 3.88. The van der Waals surface area contributed by atoms with Gasteiger partial charge in [-0.25, -0.2) is 0 Å². The third-order valence-corrected chi connectivity index (χ3v) is 2.29. The Morgan fingerprint density at radius 1 is 1.44 bits per heavy atom. The van der Waals surface area contributed by atoms with E-state index in [4.69, 9.17) is 4.74 Å². The highest BCUT2D eigenvalue weighted by molar-refractivity contribution is 5.69. The van der Waals surface area contributed by atoms with Crippen LogP contribution in [-0.2, 0) is 9.53 Å². The van der Waals surface area contributed by atoms with Gasteiger partial charge in [-0.1, -0.05) is 51.5 Å². The van der Waals surface area contributed by atoms with Crippen molar-refractivity contribution in [3.8, 4) is 0 Å². The fraction of sp³-hybridized carbons (Fsp3) is 0.643. The smallest absolute Gasteiger partial charge is 0.306 e. The summed E-state index contributed by atoms with van der Waals surface area (Å²) in [5.74, 6) is 0.115. The van der Waals surface area contributed by atoms with Crippen molar-refractivity contribution >= 4 is 5.97 Å². The molecule has 16 heavy (non-hydrogen) atoms. The van der Waals surface area contributed by atoms with E-state index in [2.05, 4.69) is 25.7 Å². The van der Waals surface area contributed by atoms with Crippen LogP contribution < -0.4 is 0 Å². The van der Waals surface area contributed by atoms with Crippen LogP contribution in [0.25, 0.3) is 0 Å². The van der Waals surface area contributed by atoms with Crippen LogP contribution in [0.3, 0.4) is 0 Å². The summed E-state index contributed by atoms with van der Waals surface area (Å²) in [6.07, 6.45) is 11.2. The van der Waals surface area contributed by atoms with Gasteiger partial charge in [0.1, 0.15) is 6.61 Å². The molecule has 0 bridgehead atoms. The molecule has 0 rings (SSSR count). The highest BCUT2D eigenvalue weighted by Gasteiger charge is 2.06. The topological polar surface area (TPSA) is 26.3 Å². The minimum Gasteiger partial charge on any atom is -0.461 e. The lowest BCUT2D eigenvalue weighted by molar-refractivity contribution is -0.143. The Kier molecular flexibility index (Phi) is 9.78. The maximum absolute atomic E-state index is 11.2. The van der Waals surface area contributed by atoms with E-state index < -0.39 is 0 Å². The van der Waals surface area contributed by atoms with E-state index in [0.29, 0.717) is 13.0 Å². The quantitative estimate of drug-likeness (QED) is 0.337. The molecule has 0 aromatic carbocycles. The average Bonchev–Trinajstić information content (AvgIpc) is 2.26.